The number of benzene rings is 7. The molecule has 0 spiro atoms. The minimum Gasteiger partial charge on any atom is -0.311 e. The molecule has 0 N–H and O–H groups in total. The quantitative estimate of drug-likeness (QED) is 0.168. The van der Waals surface area contributed by atoms with Crippen LogP contribution < -0.4 is 26.2 Å². The molecule has 0 radical (unpaired) electrons. The number of fused-ring (bicyclic) bond motifs is 4. The second kappa shape index (κ2) is 12.8. The molecule has 3 aliphatic rings. The van der Waals surface area contributed by atoms with Crippen LogP contribution in [0.15, 0.2) is 164 Å². The number of hydrogen-bond acceptors (Lipinski definition) is 2. The molecule has 1 saturated carbocycles. The molecule has 250 valence electrons. The first kappa shape index (κ1) is 31.0. The fraction of sp³-hybridized carbons (Fsp3) is 0.143. The Morgan fingerprint density at radius 3 is 1.63 bits per heavy atom. The Labute approximate surface area is 308 Å². The van der Waals surface area contributed by atoms with Gasteiger partial charge in [0, 0.05) is 34.1 Å². The van der Waals surface area contributed by atoms with Gasteiger partial charge in [0.15, 0.2) is 0 Å². The van der Waals surface area contributed by atoms with Gasteiger partial charge in [0.1, 0.15) is 0 Å². The van der Waals surface area contributed by atoms with Crippen LogP contribution in [0.5, 0.6) is 0 Å². The predicted molar refractivity (Wildman–Crippen MR) is 222 cm³/mol. The zero-order valence-corrected chi connectivity index (χ0v) is 29.7. The molecule has 1 aliphatic carbocycles. The molecule has 2 aliphatic heterocycles. The summed E-state index contributed by atoms with van der Waals surface area (Å²) in [6, 6.07) is 61.3. The topological polar surface area (TPSA) is 6.48 Å². The van der Waals surface area contributed by atoms with E-state index in [2.05, 4.69) is 181 Å². The van der Waals surface area contributed by atoms with Crippen LogP contribution in [-0.2, 0) is 0 Å². The summed E-state index contributed by atoms with van der Waals surface area (Å²) in [5, 5.41) is 0. The van der Waals surface area contributed by atoms with Gasteiger partial charge in [-0.25, -0.2) is 0 Å². The van der Waals surface area contributed by atoms with Crippen molar-refractivity contribution in [3.8, 4) is 22.3 Å². The van der Waals surface area contributed by atoms with Crippen molar-refractivity contribution in [2.75, 3.05) is 9.80 Å². The van der Waals surface area contributed by atoms with E-state index in [1.165, 1.54) is 116 Å². The van der Waals surface area contributed by atoms with Crippen molar-refractivity contribution in [2.45, 2.75) is 44.9 Å². The van der Waals surface area contributed by atoms with Crippen LogP contribution in [0, 0.1) is 6.92 Å². The van der Waals surface area contributed by atoms with Crippen molar-refractivity contribution in [1.29, 1.82) is 0 Å². The summed E-state index contributed by atoms with van der Waals surface area (Å²) < 4.78 is 0. The van der Waals surface area contributed by atoms with Gasteiger partial charge in [0.25, 0.3) is 6.71 Å². The maximum absolute atomic E-state index is 2.57. The van der Waals surface area contributed by atoms with E-state index in [1.54, 1.807) is 0 Å². The minimum absolute atomic E-state index is 0.143. The largest absolute Gasteiger partial charge is 0.311 e. The summed E-state index contributed by atoms with van der Waals surface area (Å²) in [6.07, 6.45) is 6.48. The smallest absolute Gasteiger partial charge is 0.252 e. The van der Waals surface area contributed by atoms with Gasteiger partial charge in [-0.3, -0.25) is 0 Å². The molecule has 0 amide bonds. The maximum Gasteiger partial charge on any atom is 0.252 e. The van der Waals surface area contributed by atoms with E-state index in [0.717, 1.165) is 0 Å². The van der Waals surface area contributed by atoms with Gasteiger partial charge >= 0.3 is 0 Å². The number of anilines is 6. The van der Waals surface area contributed by atoms with Crippen LogP contribution in [0.25, 0.3) is 22.3 Å². The summed E-state index contributed by atoms with van der Waals surface area (Å²) in [5.74, 6) is 0.569. The van der Waals surface area contributed by atoms with Crippen molar-refractivity contribution < 1.29 is 0 Å². The predicted octanol–water partition coefficient (Wildman–Crippen LogP) is 11.5. The third-order valence-corrected chi connectivity index (χ3v) is 11.7. The van der Waals surface area contributed by atoms with E-state index in [0.29, 0.717) is 5.92 Å². The molecule has 2 heterocycles. The molecule has 52 heavy (non-hydrogen) atoms. The second-order valence-corrected chi connectivity index (χ2v) is 14.9. The summed E-state index contributed by atoms with van der Waals surface area (Å²) in [6.45, 7) is 2.32. The standard InChI is InChI=1S/C49H41BN2/c1-34-23-29-41(30-24-34)51-45-21-10-8-19-43(45)50-44-20-9-11-22-46(44)52(48-33-40(32-47(51)49(48)50)36-15-6-3-7-16-36)42-18-12-17-39(31-42)38-27-25-37(26-28-38)35-13-4-2-5-14-35/h2,4-5,8-14,17-33,36H,3,6-7,15-16H2,1H3. The molecule has 0 saturated heterocycles. The number of hydrogen-bond donors (Lipinski definition) is 0. The molecule has 0 aromatic heterocycles. The number of rotatable bonds is 5. The molecular weight excluding hydrogens is 627 g/mol. The molecular formula is C49H41BN2. The highest BCUT2D eigenvalue weighted by Crippen LogP contribution is 2.47. The lowest BCUT2D eigenvalue weighted by Crippen LogP contribution is -2.61. The fourth-order valence-electron chi connectivity index (χ4n) is 9.15. The van der Waals surface area contributed by atoms with Crippen molar-refractivity contribution in [2.24, 2.45) is 0 Å². The van der Waals surface area contributed by atoms with Crippen LogP contribution in [0.1, 0.15) is 49.1 Å². The number of para-hydroxylation sites is 2. The fourth-order valence-corrected chi connectivity index (χ4v) is 9.15. The van der Waals surface area contributed by atoms with Gasteiger partial charge in [0.2, 0.25) is 0 Å². The highest BCUT2D eigenvalue weighted by Gasteiger charge is 2.43. The molecule has 3 heteroatoms. The van der Waals surface area contributed by atoms with Gasteiger partial charge in [-0.15, -0.1) is 0 Å². The molecule has 0 unspecified atom stereocenters. The van der Waals surface area contributed by atoms with E-state index in [4.69, 9.17) is 0 Å². The second-order valence-electron chi connectivity index (χ2n) is 14.9. The summed E-state index contributed by atoms with van der Waals surface area (Å²) in [7, 11) is 0. The minimum atomic E-state index is 0.143. The summed E-state index contributed by atoms with van der Waals surface area (Å²) in [5.41, 5.74) is 19.4. The number of nitrogens with zero attached hydrogens (tertiary/aromatic N) is 2. The zero-order valence-electron chi connectivity index (χ0n) is 29.7. The molecule has 7 aromatic rings. The van der Waals surface area contributed by atoms with Crippen molar-refractivity contribution in [3.05, 3.63) is 175 Å². The van der Waals surface area contributed by atoms with Crippen molar-refractivity contribution >= 4 is 57.2 Å². The molecule has 7 aromatic carbocycles. The number of aryl methyl sites for hydroxylation is 1. The normalized spacial score (nSPS) is 14.8. The average molecular weight is 669 g/mol. The van der Waals surface area contributed by atoms with E-state index < -0.39 is 0 Å². The lowest BCUT2D eigenvalue weighted by atomic mass is 9.33. The van der Waals surface area contributed by atoms with Crippen LogP contribution in [0.2, 0.25) is 0 Å². The van der Waals surface area contributed by atoms with Gasteiger partial charge in [-0.05, 0) is 118 Å². The Bertz CT molecular complexity index is 2410. The van der Waals surface area contributed by atoms with Crippen molar-refractivity contribution in [3.63, 3.8) is 0 Å². The summed E-state index contributed by atoms with van der Waals surface area (Å²) in [4.78, 5) is 5.12. The molecule has 0 atom stereocenters. The maximum atomic E-state index is 2.57. The Morgan fingerprint density at radius 2 is 0.981 bits per heavy atom. The Kier molecular flexibility index (Phi) is 7.60. The molecule has 0 bridgehead atoms. The first-order chi connectivity index (χ1) is 25.7. The van der Waals surface area contributed by atoms with E-state index in [1.807, 2.05) is 0 Å². The van der Waals surface area contributed by atoms with Crippen molar-refractivity contribution in [1.82, 2.24) is 0 Å². The zero-order chi connectivity index (χ0) is 34.6. The van der Waals surface area contributed by atoms with Crippen LogP contribution in [-0.4, -0.2) is 6.71 Å². The Hall–Kier alpha value is -5.80. The highest BCUT2D eigenvalue weighted by molar-refractivity contribution is 7.00. The lowest BCUT2D eigenvalue weighted by molar-refractivity contribution is 0.444. The van der Waals surface area contributed by atoms with Gasteiger partial charge < -0.3 is 9.80 Å². The third-order valence-electron chi connectivity index (χ3n) is 11.7. The van der Waals surface area contributed by atoms with Crippen LogP contribution in [0.4, 0.5) is 34.1 Å². The van der Waals surface area contributed by atoms with Crippen LogP contribution in [0.3, 0.4) is 0 Å². The highest BCUT2D eigenvalue weighted by atomic mass is 15.2. The van der Waals surface area contributed by atoms with Gasteiger partial charge in [0.05, 0.1) is 0 Å². The first-order valence-electron chi connectivity index (χ1n) is 19.0. The average Bonchev–Trinajstić information content (AvgIpc) is 3.22. The third kappa shape index (κ3) is 5.18. The van der Waals surface area contributed by atoms with E-state index >= 15 is 0 Å². The van der Waals surface area contributed by atoms with Crippen LogP contribution >= 0.6 is 0 Å². The Morgan fingerprint density at radius 1 is 0.442 bits per heavy atom. The van der Waals surface area contributed by atoms with Gasteiger partial charge in [-0.2, -0.15) is 0 Å². The monoisotopic (exact) mass is 668 g/mol. The van der Waals surface area contributed by atoms with E-state index in [9.17, 15) is 0 Å². The lowest BCUT2D eigenvalue weighted by Gasteiger charge is -2.45. The molecule has 2 nitrogen and oxygen atoms in total. The first-order valence-corrected chi connectivity index (χ1v) is 19.0. The SMILES string of the molecule is Cc1ccc(N2c3ccccc3B3c4ccccc4N(c4cccc(-c5ccc(-c6ccccc6)cc5)c4)c4cc(C5CCCCC5)cc2c43)cc1. The molecule has 10 rings (SSSR count). The molecule has 1 fully saturated rings. The van der Waals surface area contributed by atoms with E-state index in [-0.39, 0.29) is 6.71 Å². The van der Waals surface area contributed by atoms with Gasteiger partial charge in [-0.1, -0.05) is 140 Å². The summed E-state index contributed by atoms with van der Waals surface area (Å²) >= 11 is 0. The Balaban J connectivity index is 1.18.